The fourth-order valence-electron chi connectivity index (χ4n) is 2.05. The Balaban J connectivity index is 1.94. The average Bonchev–Trinajstić information content (AvgIpc) is 2.82. The molecule has 1 heterocycles. The second-order valence-electron chi connectivity index (χ2n) is 4.27. The number of hydrogen-bond acceptors (Lipinski definition) is 4. The lowest BCUT2D eigenvalue weighted by Gasteiger charge is -2.14. The lowest BCUT2D eigenvalue weighted by Crippen LogP contribution is -2.25. The molecule has 6 heteroatoms. The summed E-state index contributed by atoms with van der Waals surface area (Å²) in [6.45, 7) is 3.41. The third kappa shape index (κ3) is 3.34. The smallest absolute Gasteiger partial charge is 0.311 e. The van der Waals surface area contributed by atoms with Crippen LogP contribution in [0.1, 0.15) is 12.8 Å². The molecule has 2 rings (SSSR count). The minimum Gasteiger partial charge on any atom is -0.485 e. The van der Waals surface area contributed by atoms with Crippen molar-refractivity contribution in [2.45, 2.75) is 12.8 Å². The number of benzene rings is 1. The number of nitro benzene ring substituents is 1. The highest BCUT2D eigenvalue weighted by molar-refractivity contribution is 6.30. The Morgan fingerprint density at radius 3 is 2.78 bits per heavy atom. The molecule has 1 aliphatic rings. The van der Waals surface area contributed by atoms with Crippen molar-refractivity contribution in [1.82, 2.24) is 4.90 Å². The van der Waals surface area contributed by atoms with E-state index in [2.05, 4.69) is 4.90 Å². The zero-order chi connectivity index (χ0) is 13.0. The summed E-state index contributed by atoms with van der Waals surface area (Å²) >= 11 is 5.81. The van der Waals surface area contributed by atoms with Gasteiger partial charge in [0.15, 0.2) is 5.75 Å². The van der Waals surface area contributed by atoms with Crippen LogP contribution in [0.15, 0.2) is 18.2 Å². The molecule has 1 aromatic rings. The summed E-state index contributed by atoms with van der Waals surface area (Å²) in [7, 11) is 0. The van der Waals surface area contributed by atoms with Crippen molar-refractivity contribution in [3.8, 4) is 5.75 Å². The van der Waals surface area contributed by atoms with E-state index in [0.717, 1.165) is 19.6 Å². The molecule has 18 heavy (non-hydrogen) atoms. The van der Waals surface area contributed by atoms with E-state index in [9.17, 15) is 10.1 Å². The van der Waals surface area contributed by atoms with E-state index < -0.39 is 4.92 Å². The summed E-state index contributed by atoms with van der Waals surface area (Å²) in [5, 5.41) is 11.3. The first-order valence-corrected chi connectivity index (χ1v) is 6.34. The van der Waals surface area contributed by atoms with Crippen LogP contribution in [0.2, 0.25) is 5.02 Å². The molecule has 0 atom stereocenters. The predicted octanol–water partition coefficient (Wildman–Crippen LogP) is 2.72. The molecule has 0 unspecified atom stereocenters. The topological polar surface area (TPSA) is 55.6 Å². The molecule has 98 valence electrons. The molecular weight excluding hydrogens is 256 g/mol. The summed E-state index contributed by atoms with van der Waals surface area (Å²) in [6, 6.07) is 4.35. The molecule has 0 saturated carbocycles. The van der Waals surface area contributed by atoms with Crippen LogP contribution in [0, 0.1) is 10.1 Å². The highest BCUT2D eigenvalue weighted by Crippen LogP contribution is 2.29. The Kier molecular flexibility index (Phi) is 4.38. The van der Waals surface area contributed by atoms with E-state index in [0.29, 0.717) is 11.6 Å². The van der Waals surface area contributed by atoms with E-state index >= 15 is 0 Å². The first kappa shape index (κ1) is 13.1. The second-order valence-corrected chi connectivity index (χ2v) is 4.70. The molecule has 0 aromatic heterocycles. The second kappa shape index (κ2) is 6.02. The van der Waals surface area contributed by atoms with Crippen molar-refractivity contribution in [1.29, 1.82) is 0 Å². The van der Waals surface area contributed by atoms with Gasteiger partial charge in [-0.3, -0.25) is 15.0 Å². The summed E-state index contributed by atoms with van der Waals surface area (Å²) in [6.07, 6.45) is 2.44. The molecule has 1 fully saturated rings. The monoisotopic (exact) mass is 270 g/mol. The molecule has 5 nitrogen and oxygen atoms in total. The van der Waals surface area contributed by atoms with Gasteiger partial charge in [-0.25, -0.2) is 0 Å². The van der Waals surface area contributed by atoms with Crippen molar-refractivity contribution in [2.75, 3.05) is 26.2 Å². The van der Waals surface area contributed by atoms with Gasteiger partial charge in [0.05, 0.1) is 4.92 Å². The maximum absolute atomic E-state index is 10.8. The molecule has 0 amide bonds. The third-order valence-corrected chi connectivity index (χ3v) is 3.22. The van der Waals surface area contributed by atoms with Gasteiger partial charge in [-0.05, 0) is 32.0 Å². The highest BCUT2D eigenvalue weighted by Gasteiger charge is 2.16. The number of likely N-dealkylation sites (tertiary alicyclic amines) is 1. The van der Waals surface area contributed by atoms with Crippen LogP contribution in [0.5, 0.6) is 5.75 Å². The lowest BCUT2D eigenvalue weighted by molar-refractivity contribution is -0.385. The predicted molar refractivity (Wildman–Crippen MR) is 69.3 cm³/mol. The molecular formula is C12H15ClN2O3. The molecule has 0 radical (unpaired) electrons. The maximum atomic E-state index is 10.8. The number of hydrogen-bond donors (Lipinski definition) is 0. The van der Waals surface area contributed by atoms with Crippen LogP contribution in [-0.2, 0) is 0 Å². The Morgan fingerprint density at radius 1 is 1.39 bits per heavy atom. The molecule has 1 aliphatic heterocycles. The Bertz CT molecular complexity index is 433. The number of halogens is 1. The number of nitro groups is 1. The van der Waals surface area contributed by atoms with Crippen LogP contribution >= 0.6 is 11.6 Å². The quantitative estimate of drug-likeness (QED) is 0.610. The van der Waals surface area contributed by atoms with E-state index in [1.807, 2.05) is 0 Å². The summed E-state index contributed by atoms with van der Waals surface area (Å²) < 4.78 is 5.47. The lowest BCUT2D eigenvalue weighted by atomic mass is 10.3. The van der Waals surface area contributed by atoms with Crippen molar-refractivity contribution in [3.63, 3.8) is 0 Å². The maximum Gasteiger partial charge on any atom is 0.311 e. The van der Waals surface area contributed by atoms with Gasteiger partial charge < -0.3 is 4.74 Å². The molecule has 1 aromatic carbocycles. The average molecular weight is 271 g/mol. The van der Waals surface area contributed by atoms with Crippen LogP contribution < -0.4 is 4.74 Å². The van der Waals surface area contributed by atoms with Crippen LogP contribution in [0.3, 0.4) is 0 Å². The summed E-state index contributed by atoms with van der Waals surface area (Å²) in [5.41, 5.74) is -0.0409. The Hall–Kier alpha value is -1.33. The van der Waals surface area contributed by atoms with Gasteiger partial charge >= 0.3 is 5.69 Å². The van der Waals surface area contributed by atoms with E-state index in [1.54, 1.807) is 0 Å². The minimum absolute atomic E-state index is 0.0409. The SMILES string of the molecule is O=[N+]([O-])c1ccc(Cl)cc1OCCN1CCCC1. The largest absolute Gasteiger partial charge is 0.485 e. The number of ether oxygens (including phenoxy) is 1. The standard InChI is InChI=1S/C12H15ClN2O3/c13-10-3-4-11(15(16)17)12(9-10)18-8-7-14-5-1-2-6-14/h3-4,9H,1-2,5-8H2. The zero-order valence-electron chi connectivity index (χ0n) is 9.97. The van der Waals surface area contributed by atoms with Gasteiger partial charge in [0.25, 0.3) is 0 Å². The fourth-order valence-corrected chi connectivity index (χ4v) is 2.21. The number of rotatable bonds is 5. The summed E-state index contributed by atoms with van der Waals surface area (Å²) in [4.78, 5) is 12.7. The zero-order valence-corrected chi connectivity index (χ0v) is 10.7. The van der Waals surface area contributed by atoms with Crippen molar-refractivity contribution < 1.29 is 9.66 Å². The first-order chi connectivity index (χ1) is 8.66. The van der Waals surface area contributed by atoms with Crippen molar-refractivity contribution in [3.05, 3.63) is 33.3 Å². The van der Waals surface area contributed by atoms with Gasteiger partial charge in [-0.2, -0.15) is 0 Å². The highest BCUT2D eigenvalue weighted by atomic mass is 35.5. The van der Waals surface area contributed by atoms with E-state index in [-0.39, 0.29) is 11.4 Å². The van der Waals surface area contributed by atoms with E-state index in [1.165, 1.54) is 31.0 Å². The summed E-state index contributed by atoms with van der Waals surface area (Å²) in [5.74, 6) is 0.242. The van der Waals surface area contributed by atoms with Gasteiger partial charge in [-0.1, -0.05) is 11.6 Å². The van der Waals surface area contributed by atoms with Crippen LogP contribution in [-0.4, -0.2) is 36.1 Å². The van der Waals surface area contributed by atoms with Gasteiger partial charge in [0.1, 0.15) is 6.61 Å². The Morgan fingerprint density at radius 2 is 2.11 bits per heavy atom. The molecule has 0 bridgehead atoms. The van der Waals surface area contributed by atoms with Crippen LogP contribution in [0.4, 0.5) is 5.69 Å². The fraction of sp³-hybridized carbons (Fsp3) is 0.500. The van der Waals surface area contributed by atoms with E-state index in [4.69, 9.17) is 16.3 Å². The third-order valence-electron chi connectivity index (χ3n) is 2.98. The molecule has 0 spiro atoms. The number of nitrogens with zero attached hydrogens (tertiary/aromatic N) is 2. The van der Waals surface area contributed by atoms with Gasteiger partial charge in [-0.15, -0.1) is 0 Å². The molecule has 1 saturated heterocycles. The Labute approximate surface area is 110 Å². The van der Waals surface area contributed by atoms with Gasteiger partial charge in [0, 0.05) is 23.7 Å². The van der Waals surface area contributed by atoms with Crippen molar-refractivity contribution >= 4 is 17.3 Å². The van der Waals surface area contributed by atoms with Gasteiger partial charge in [0.2, 0.25) is 0 Å². The molecule has 0 N–H and O–H groups in total. The normalized spacial score (nSPS) is 15.8. The first-order valence-electron chi connectivity index (χ1n) is 5.96. The van der Waals surface area contributed by atoms with Crippen LogP contribution in [0.25, 0.3) is 0 Å². The van der Waals surface area contributed by atoms with Crippen molar-refractivity contribution in [2.24, 2.45) is 0 Å². The molecule has 0 aliphatic carbocycles. The minimum atomic E-state index is -0.457.